The molecule has 1 amide bonds. The van der Waals surface area contributed by atoms with Gasteiger partial charge >= 0.3 is 0 Å². The molecule has 0 saturated carbocycles. The molecule has 0 aromatic heterocycles. The number of carbonyl (C=O) groups is 1. The summed E-state index contributed by atoms with van der Waals surface area (Å²) in [5.74, 6) is -2.32. The normalized spacial score (nSPS) is 12.3. The van der Waals surface area contributed by atoms with Crippen LogP contribution < -0.4 is 9.62 Å². The summed E-state index contributed by atoms with van der Waals surface area (Å²) in [5.41, 5.74) is 1.40. The Labute approximate surface area is 200 Å². The second-order valence-corrected chi connectivity index (χ2v) is 10.5. The van der Waals surface area contributed by atoms with Gasteiger partial charge in [0, 0.05) is 21.7 Å². The zero-order chi connectivity index (χ0) is 24.2. The van der Waals surface area contributed by atoms with Crippen molar-refractivity contribution in [2.45, 2.75) is 23.6 Å². The molecule has 3 aromatic carbocycles. The summed E-state index contributed by atoms with van der Waals surface area (Å²) in [4.78, 5) is 13.8. The standard InChI is InChI=1S/C23H21ClF2N2O3S2/c1-15(28(33(2,30)31)18-11-12-19(25)20(26)13-18)23(29)27-21-5-3-4-6-22(21)32-14-16-7-9-17(24)10-8-16/h3-13,15H,14H2,1-2H3,(H,27,29)/t15-/m1/s1. The zero-order valence-electron chi connectivity index (χ0n) is 17.8. The smallest absolute Gasteiger partial charge is 0.248 e. The summed E-state index contributed by atoms with van der Waals surface area (Å²) >= 11 is 7.41. The van der Waals surface area contributed by atoms with Crippen molar-refractivity contribution in [3.8, 4) is 0 Å². The lowest BCUT2D eigenvalue weighted by molar-refractivity contribution is -0.116. The summed E-state index contributed by atoms with van der Waals surface area (Å²) in [7, 11) is -3.98. The van der Waals surface area contributed by atoms with Crippen LogP contribution in [0.15, 0.2) is 71.6 Å². The number of carbonyl (C=O) groups excluding carboxylic acids is 1. The van der Waals surface area contributed by atoms with Crippen molar-refractivity contribution in [3.05, 3.63) is 89.0 Å². The monoisotopic (exact) mass is 510 g/mol. The van der Waals surface area contributed by atoms with Gasteiger partial charge in [-0.15, -0.1) is 11.8 Å². The topological polar surface area (TPSA) is 66.5 Å². The lowest BCUT2D eigenvalue weighted by Crippen LogP contribution is -2.45. The molecule has 0 unspecified atom stereocenters. The zero-order valence-corrected chi connectivity index (χ0v) is 20.1. The lowest BCUT2D eigenvalue weighted by atomic mass is 10.2. The molecule has 1 atom stereocenters. The Morgan fingerprint density at radius 2 is 1.73 bits per heavy atom. The Kier molecular flexibility index (Phi) is 7.99. The van der Waals surface area contributed by atoms with Gasteiger partial charge in [0.15, 0.2) is 11.6 Å². The molecule has 0 saturated heterocycles. The molecule has 174 valence electrons. The molecule has 3 rings (SSSR count). The van der Waals surface area contributed by atoms with E-state index in [1.807, 2.05) is 24.3 Å². The van der Waals surface area contributed by atoms with Crippen molar-refractivity contribution in [1.82, 2.24) is 0 Å². The van der Waals surface area contributed by atoms with Crippen LogP contribution in [-0.4, -0.2) is 26.6 Å². The molecular weight excluding hydrogens is 490 g/mol. The average molecular weight is 511 g/mol. The Morgan fingerprint density at radius 1 is 1.06 bits per heavy atom. The summed E-state index contributed by atoms with van der Waals surface area (Å²) in [6, 6.07) is 16.0. The second-order valence-electron chi connectivity index (χ2n) is 7.23. The average Bonchev–Trinajstić information content (AvgIpc) is 2.76. The number of sulfonamides is 1. The van der Waals surface area contributed by atoms with Gasteiger partial charge in [-0.2, -0.15) is 0 Å². The molecule has 0 spiro atoms. The maximum atomic E-state index is 13.7. The minimum absolute atomic E-state index is 0.149. The number of para-hydroxylation sites is 1. The van der Waals surface area contributed by atoms with Gasteiger partial charge in [-0.3, -0.25) is 9.10 Å². The van der Waals surface area contributed by atoms with Crippen molar-refractivity contribution in [1.29, 1.82) is 0 Å². The van der Waals surface area contributed by atoms with Gasteiger partial charge in [0.05, 0.1) is 17.6 Å². The largest absolute Gasteiger partial charge is 0.323 e. The van der Waals surface area contributed by atoms with E-state index >= 15 is 0 Å². The van der Waals surface area contributed by atoms with Crippen molar-refractivity contribution >= 4 is 50.7 Å². The van der Waals surface area contributed by atoms with Gasteiger partial charge in [0.1, 0.15) is 6.04 Å². The molecule has 1 N–H and O–H groups in total. The van der Waals surface area contributed by atoms with E-state index in [0.717, 1.165) is 39.2 Å². The molecule has 0 radical (unpaired) electrons. The van der Waals surface area contributed by atoms with E-state index in [1.54, 1.807) is 24.3 Å². The van der Waals surface area contributed by atoms with Crippen LogP contribution in [0.3, 0.4) is 0 Å². The van der Waals surface area contributed by atoms with Gasteiger partial charge in [-0.1, -0.05) is 35.9 Å². The van der Waals surface area contributed by atoms with E-state index < -0.39 is 33.6 Å². The van der Waals surface area contributed by atoms with E-state index in [0.29, 0.717) is 16.5 Å². The maximum absolute atomic E-state index is 13.7. The predicted octanol–water partition coefficient (Wildman–Crippen LogP) is 5.70. The Balaban J connectivity index is 1.80. The highest BCUT2D eigenvalue weighted by Crippen LogP contribution is 2.31. The first kappa shape index (κ1) is 25.0. The molecule has 0 heterocycles. The van der Waals surface area contributed by atoms with Gasteiger partial charge in [-0.25, -0.2) is 17.2 Å². The minimum Gasteiger partial charge on any atom is -0.323 e. The van der Waals surface area contributed by atoms with Crippen LogP contribution in [0.25, 0.3) is 0 Å². The highest BCUT2D eigenvalue weighted by molar-refractivity contribution is 7.98. The third kappa shape index (κ3) is 6.46. The van der Waals surface area contributed by atoms with Crippen LogP contribution in [0.4, 0.5) is 20.2 Å². The predicted molar refractivity (Wildman–Crippen MR) is 129 cm³/mol. The van der Waals surface area contributed by atoms with Crippen LogP contribution in [0.1, 0.15) is 12.5 Å². The molecule has 0 bridgehead atoms. The summed E-state index contributed by atoms with van der Waals surface area (Å²) < 4.78 is 52.6. The van der Waals surface area contributed by atoms with E-state index in [2.05, 4.69) is 5.32 Å². The third-order valence-electron chi connectivity index (χ3n) is 4.70. The number of benzene rings is 3. The van der Waals surface area contributed by atoms with E-state index in [-0.39, 0.29) is 5.69 Å². The lowest BCUT2D eigenvalue weighted by Gasteiger charge is -2.28. The van der Waals surface area contributed by atoms with Crippen LogP contribution in [0.5, 0.6) is 0 Å². The fourth-order valence-electron chi connectivity index (χ4n) is 3.11. The second kappa shape index (κ2) is 10.5. The highest BCUT2D eigenvalue weighted by atomic mass is 35.5. The number of hydrogen-bond donors (Lipinski definition) is 1. The minimum atomic E-state index is -3.98. The number of hydrogen-bond acceptors (Lipinski definition) is 4. The number of nitrogens with one attached hydrogen (secondary N) is 1. The fourth-order valence-corrected chi connectivity index (χ4v) is 5.36. The van der Waals surface area contributed by atoms with Crippen molar-refractivity contribution in [2.75, 3.05) is 15.9 Å². The number of nitrogens with zero attached hydrogens (tertiary/aromatic N) is 1. The van der Waals surface area contributed by atoms with Crippen molar-refractivity contribution in [3.63, 3.8) is 0 Å². The molecule has 0 aliphatic carbocycles. The van der Waals surface area contributed by atoms with Crippen LogP contribution in [0, 0.1) is 11.6 Å². The van der Waals surface area contributed by atoms with Gasteiger partial charge in [0.25, 0.3) is 0 Å². The third-order valence-corrected chi connectivity index (χ3v) is 7.34. The number of amides is 1. The SMILES string of the molecule is C[C@H](C(=O)Nc1ccccc1SCc1ccc(Cl)cc1)N(c1ccc(F)c(F)c1)S(C)(=O)=O. The molecule has 33 heavy (non-hydrogen) atoms. The number of rotatable bonds is 8. The van der Waals surface area contributed by atoms with E-state index in [4.69, 9.17) is 11.6 Å². The summed E-state index contributed by atoms with van der Waals surface area (Å²) in [6.45, 7) is 1.38. The van der Waals surface area contributed by atoms with Crippen molar-refractivity contribution < 1.29 is 22.0 Å². The Hall–Kier alpha value is -2.62. The molecule has 0 fully saturated rings. The maximum Gasteiger partial charge on any atom is 0.248 e. The molecular formula is C23H21ClF2N2O3S2. The highest BCUT2D eigenvalue weighted by Gasteiger charge is 2.30. The molecule has 3 aromatic rings. The first-order valence-electron chi connectivity index (χ1n) is 9.78. The van der Waals surface area contributed by atoms with Crippen LogP contribution in [-0.2, 0) is 20.6 Å². The molecule has 0 aliphatic heterocycles. The van der Waals surface area contributed by atoms with Gasteiger partial charge < -0.3 is 5.32 Å². The molecule has 10 heteroatoms. The summed E-state index contributed by atoms with van der Waals surface area (Å²) in [6.07, 6.45) is 0.897. The van der Waals surface area contributed by atoms with Crippen LogP contribution in [0.2, 0.25) is 5.02 Å². The molecule has 5 nitrogen and oxygen atoms in total. The fraction of sp³-hybridized carbons (Fsp3) is 0.174. The van der Waals surface area contributed by atoms with Crippen LogP contribution >= 0.6 is 23.4 Å². The Bertz CT molecular complexity index is 1250. The first-order valence-corrected chi connectivity index (χ1v) is 13.0. The van der Waals surface area contributed by atoms with Gasteiger partial charge in [0.2, 0.25) is 15.9 Å². The quantitative estimate of drug-likeness (QED) is 0.394. The first-order chi connectivity index (χ1) is 15.6. The van der Waals surface area contributed by atoms with Gasteiger partial charge in [-0.05, 0) is 48.9 Å². The van der Waals surface area contributed by atoms with Crippen molar-refractivity contribution in [2.24, 2.45) is 0 Å². The summed E-state index contributed by atoms with van der Waals surface area (Å²) in [5, 5.41) is 3.39. The van der Waals surface area contributed by atoms with E-state index in [1.165, 1.54) is 18.7 Å². The Morgan fingerprint density at radius 3 is 2.36 bits per heavy atom. The number of anilines is 2. The number of halogens is 3. The number of thioether (sulfide) groups is 1. The van der Waals surface area contributed by atoms with E-state index in [9.17, 15) is 22.0 Å². The molecule has 0 aliphatic rings.